The average Bonchev–Trinajstić information content (AvgIpc) is 2.89. The number of benzene rings is 3. The Bertz CT molecular complexity index is 1350. The first-order valence-corrected chi connectivity index (χ1v) is 12.2. The van der Waals surface area contributed by atoms with Gasteiger partial charge in [0.1, 0.15) is 18.1 Å². The molecule has 4 heteroatoms. The van der Waals surface area contributed by atoms with Crippen LogP contribution in [0.1, 0.15) is 52.1 Å². The number of fused-ring (bicyclic) bond motifs is 4. The topological polar surface area (TPSA) is 42.7 Å². The molecule has 0 spiro atoms. The van der Waals surface area contributed by atoms with Gasteiger partial charge < -0.3 is 9.15 Å². The molecule has 2 aliphatic rings. The number of hydrogen-bond acceptors (Lipinski definition) is 4. The van der Waals surface area contributed by atoms with Gasteiger partial charge in [0.05, 0.1) is 0 Å². The van der Waals surface area contributed by atoms with Crippen LogP contribution < -0.4 is 10.4 Å². The highest BCUT2D eigenvalue weighted by atomic mass is 16.5. The molecule has 0 radical (unpaired) electrons. The van der Waals surface area contributed by atoms with Gasteiger partial charge in [-0.25, -0.2) is 4.79 Å². The van der Waals surface area contributed by atoms with E-state index in [9.17, 15) is 4.79 Å². The molecule has 0 saturated carbocycles. The highest BCUT2D eigenvalue weighted by Gasteiger charge is 2.27. The molecule has 2 heterocycles. The summed E-state index contributed by atoms with van der Waals surface area (Å²) >= 11 is 0. The second-order valence-electron chi connectivity index (χ2n) is 9.58. The fraction of sp³-hybridized carbons (Fsp3) is 0.300. The molecule has 0 saturated heterocycles. The SMILES string of the molecule is Cc1c2c(cc3c4c(c(=O)oc13)CCCC4)CN(CC(c1ccccc1)c1ccccc1)CO2. The third kappa shape index (κ3) is 3.72. The Morgan fingerprint density at radius 3 is 2.24 bits per heavy atom. The molecule has 0 fully saturated rings. The van der Waals surface area contributed by atoms with Crippen LogP contribution in [-0.2, 0) is 19.4 Å². The van der Waals surface area contributed by atoms with Crippen molar-refractivity contribution in [3.63, 3.8) is 0 Å². The van der Waals surface area contributed by atoms with Crippen molar-refractivity contribution >= 4 is 11.0 Å². The van der Waals surface area contributed by atoms with E-state index >= 15 is 0 Å². The Kier molecular flexibility index (Phi) is 5.46. The first kappa shape index (κ1) is 21.2. The quantitative estimate of drug-likeness (QED) is 0.359. The van der Waals surface area contributed by atoms with Crippen molar-refractivity contribution in [2.45, 2.75) is 45.1 Å². The lowest BCUT2D eigenvalue weighted by molar-refractivity contribution is 0.0917. The second kappa shape index (κ2) is 8.77. The van der Waals surface area contributed by atoms with Crippen molar-refractivity contribution in [2.75, 3.05) is 13.3 Å². The summed E-state index contributed by atoms with van der Waals surface area (Å²) in [6.07, 6.45) is 3.96. The fourth-order valence-electron chi connectivity index (χ4n) is 5.70. The lowest BCUT2D eigenvalue weighted by Gasteiger charge is -2.33. The molecule has 34 heavy (non-hydrogen) atoms. The van der Waals surface area contributed by atoms with Crippen LogP contribution >= 0.6 is 0 Å². The molecule has 4 nitrogen and oxygen atoms in total. The second-order valence-corrected chi connectivity index (χ2v) is 9.58. The van der Waals surface area contributed by atoms with E-state index in [-0.39, 0.29) is 11.5 Å². The predicted molar refractivity (Wildman–Crippen MR) is 134 cm³/mol. The average molecular weight is 452 g/mol. The third-order valence-electron chi connectivity index (χ3n) is 7.40. The summed E-state index contributed by atoms with van der Waals surface area (Å²) in [7, 11) is 0. The first-order chi connectivity index (χ1) is 16.7. The maximum Gasteiger partial charge on any atom is 0.339 e. The van der Waals surface area contributed by atoms with E-state index in [2.05, 4.69) is 71.6 Å². The molecule has 0 amide bonds. The largest absolute Gasteiger partial charge is 0.477 e. The highest BCUT2D eigenvalue weighted by molar-refractivity contribution is 5.87. The number of ether oxygens (including phenoxy) is 1. The summed E-state index contributed by atoms with van der Waals surface area (Å²) in [6, 6.07) is 23.6. The van der Waals surface area contributed by atoms with Gasteiger partial charge >= 0.3 is 5.63 Å². The summed E-state index contributed by atoms with van der Waals surface area (Å²) in [5.74, 6) is 1.14. The Balaban J connectivity index is 1.37. The summed E-state index contributed by atoms with van der Waals surface area (Å²) < 4.78 is 12.1. The van der Waals surface area contributed by atoms with Gasteiger partial charge in [-0.2, -0.15) is 0 Å². The van der Waals surface area contributed by atoms with Crippen molar-refractivity contribution < 1.29 is 9.15 Å². The van der Waals surface area contributed by atoms with Crippen LogP contribution in [0.3, 0.4) is 0 Å². The molecular weight excluding hydrogens is 422 g/mol. The molecule has 1 aliphatic carbocycles. The van der Waals surface area contributed by atoms with Crippen molar-refractivity contribution in [3.05, 3.63) is 111 Å². The lowest BCUT2D eigenvalue weighted by atomic mass is 9.88. The van der Waals surface area contributed by atoms with Crippen LogP contribution in [0, 0.1) is 6.92 Å². The maximum atomic E-state index is 12.6. The van der Waals surface area contributed by atoms with Gasteiger partial charge in [0.15, 0.2) is 0 Å². The smallest absolute Gasteiger partial charge is 0.339 e. The molecule has 0 bridgehead atoms. The minimum Gasteiger partial charge on any atom is -0.477 e. The van der Waals surface area contributed by atoms with Crippen molar-refractivity contribution in [2.24, 2.45) is 0 Å². The summed E-state index contributed by atoms with van der Waals surface area (Å²) in [6.45, 7) is 4.22. The van der Waals surface area contributed by atoms with Gasteiger partial charge in [0.25, 0.3) is 0 Å². The minimum absolute atomic E-state index is 0.170. The maximum absolute atomic E-state index is 12.6. The number of hydrogen-bond donors (Lipinski definition) is 0. The van der Waals surface area contributed by atoms with E-state index in [1.165, 1.54) is 22.3 Å². The third-order valence-corrected chi connectivity index (χ3v) is 7.40. The zero-order valence-corrected chi connectivity index (χ0v) is 19.5. The van der Waals surface area contributed by atoms with E-state index in [1.807, 2.05) is 6.92 Å². The molecule has 0 N–H and O–H groups in total. The van der Waals surface area contributed by atoms with Crippen LogP contribution in [-0.4, -0.2) is 18.2 Å². The lowest BCUT2D eigenvalue weighted by Crippen LogP contribution is -2.36. The van der Waals surface area contributed by atoms with Gasteiger partial charge in [-0.1, -0.05) is 60.7 Å². The molecule has 4 aromatic rings. The van der Waals surface area contributed by atoms with Crippen LogP contribution in [0.4, 0.5) is 0 Å². The zero-order chi connectivity index (χ0) is 23.1. The van der Waals surface area contributed by atoms with Crippen molar-refractivity contribution in [1.82, 2.24) is 4.90 Å². The van der Waals surface area contributed by atoms with Crippen LogP contribution in [0.2, 0.25) is 0 Å². The van der Waals surface area contributed by atoms with Crippen molar-refractivity contribution in [1.29, 1.82) is 0 Å². The van der Waals surface area contributed by atoms with Gasteiger partial charge in [0.2, 0.25) is 0 Å². The fourth-order valence-corrected chi connectivity index (χ4v) is 5.70. The molecule has 0 unspecified atom stereocenters. The van der Waals surface area contributed by atoms with E-state index < -0.39 is 0 Å². The molecule has 0 atom stereocenters. The van der Waals surface area contributed by atoms with E-state index in [0.29, 0.717) is 12.3 Å². The normalized spacial score (nSPS) is 15.7. The predicted octanol–water partition coefficient (Wildman–Crippen LogP) is 5.96. The Morgan fingerprint density at radius 2 is 1.56 bits per heavy atom. The first-order valence-electron chi connectivity index (χ1n) is 12.2. The van der Waals surface area contributed by atoms with Gasteiger partial charge in [-0.15, -0.1) is 0 Å². The van der Waals surface area contributed by atoms with Gasteiger partial charge in [0, 0.05) is 41.1 Å². The molecule has 6 rings (SSSR count). The number of aryl methyl sites for hydroxylation is 2. The number of nitrogens with zero attached hydrogens (tertiary/aromatic N) is 1. The number of rotatable bonds is 4. The van der Waals surface area contributed by atoms with Crippen LogP contribution in [0.25, 0.3) is 11.0 Å². The molecular formula is C30H29NO3. The minimum atomic E-state index is -0.170. The Morgan fingerprint density at radius 1 is 0.912 bits per heavy atom. The summed E-state index contributed by atoms with van der Waals surface area (Å²) in [5, 5.41) is 1.10. The van der Waals surface area contributed by atoms with Crippen molar-refractivity contribution in [3.8, 4) is 5.75 Å². The van der Waals surface area contributed by atoms with E-state index in [0.717, 1.165) is 61.0 Å². The Hall–Kier alpha value is -3.37. The van der Waals surface area contributed by atoms with E-state index in [1.54, 1.807) is 0 Å². The molecule has 172 valence electrons. The van der Waals surface area contributed by atoms with Crippen LogP contribution in [0.5, 0.6) is 5.75 Å². The van der Waals surface area contributed by atoms with Gasteiger partial charge in [-0.3, -0.25) is 4.90 Å². The summed E-state index contributed by atoms with van der Waals surface area (Å²) in [5.41, 5.74) is 7.33. The summed E-state index contributed by atoms with van der Waals surface area (Å²) in [4.78, 5) is 15.0. The highest BCUT2D eigenvalue weighted by Crippen LogP contribution is 2.38. The van der Waals surface area contributed by atoms with Crippen LogP contribution in [0.15, 0.2) is 75.9 Å². The monoisotopic (exact) mass is 451 g/mol. The molecule has 3 aromatic carbocycles. The Labute approximate surface area is 199 Å². The molecule has 1 aromatic heterocycles. The van der Waals surface area contributed by atoms with Gasteiger partial charge in [-0.05, 0) is 55.4 Å². The standard InChI is InChI=1S/C30H29NO3/c1-20-28-23(16-26-24-14-8-9-15-25(24)30(32)34-29(20)26)17-31(19-33-28)18-27(21-10-4-2-5-11-21)22-12-6-3-7-13-22/h2-7,10-13,16,27H,8-9,14-15,17-19H2,1H3. The van der Waals surface area contributed by atoms with E-state index in [4.69, 9.17) is 9.15 Å². The zero-order valence-electron chi connectivity index (χ0n) is 19.5. The molecule has 1 aliphatic heterocycles.